The van der Waals surface area contributed by atoms with Crippen LogP contribution in [-0.2, 0) is 22.7 Å². The lowest BCUT2D eigenvalue weighted by molar-refractivity contribution is -0.138. The molecule has 0 aliphatic heterocycles. The van der Waals surface area contributed by atoms with Crippen LogP contribution in [0.3, 0.4) is 0 Å². The number of halogens is 1. The Morgan fingerprint density at radius 1 is 1.40 bits per heavy atom. The van der Waals surface area contributed by atoms with Gasteiger partial charge in [0, 0.05) is 11.4 Å². The van der Waals surface area contributed by atoms with E-state index < -0.39 is 5.97 Å². The predicted molar refractivity (Wildman–Crippen MR) is 90.4 cm³/mol. The zero-order chi connectivity index (χ0) is 18.2. The van der Waals surface area contributed by atoms with Crippen LogP contribution >= 0.6 is 11.6 Å². The van der Waals surface area contributed by atoms with E-state index >= 15 is 0 Å². The molecule has 0 unspecified atom stereocenters. The van der Waals surface area contributed by atoms with Crippen molar-refractivity contribution < 1.29 is 19.4 Å². The third kappa shape index (κ3) is 6.42. The number of nitrogens with zero attached hydrogens (tertiary/aromatic N) is 3. The number of aryl methyl sites for hydroxylation is 1. The first-order chi connectivity index (χ1) is 11.9. The maximum atomic E-state index is 11.8. The van der Waals surface area contributed by atoms with Gasteiger partial charge in [0.1, 0.15) is 18.0 Å². The smallest absolute Gasteiger partial charge is 0.325 e. The van der Waals surface area contributed by atoms with Gasteiger partial charge in [-0.1, -0.05) is 16.8 Å². The second-order valence-electron chi connectivity index (χ2n) is 5.44. The number of aromatic nitrogens is 3. The van der Waals surface area contributed by atoms with Crippen molar-refractivity contribution in [2.24, 2.45) is 0 Å². The van der Waals surface area contributed by atoms with Crippen LogP contribution in [0.2, 0.25) is 5.02 Å². The molecule has 9 heteroatoms. The number of ether oxygens (including phenoxy) is 1. The van der Waals surface area contributed by atoms with Crippen molar-refractivity contribution >= 4 is 23.5 Å². The summed E-state index contributed by atoms with van der Waals surface area (Å²) in [5.74, 6) is -0.419. The molecule has 0 bridgehead atoms. The molecule has 1 amide bonds. The van der Waals surface area contributed by atoms with Gasteiger partial charge >= 0.3 is 5.97 Å². The molecule has 2 rings (SSSR count). The van der Waals surface area contributed by atoms with Crippen LogP contribution in [-0.4, -0.2) is 38.6 Å². The molecule has 2 N–H and O–H groups in total. The highest BCUT2D eigenvalue weighted by atomic mass is 35.5. The summed E-state index contributed by atoms with van der Waals surface area (Å²) in [4.78, 5) is 22.3. The number of amides is 1. The minimum atomic E-state index is -1.00. The molecule has 0 radical (unpaired) electrons. The van der Waals surface area contributed by atoms with E-state index in [-0.39, 0.29) is 19.0 Å². The first-order valence-electron chi connectivity index (χ1n) is 7.70. The molecule has 0 saturated carbocycles. The summed E-state index contributed by atoms with van der Waals surface area (Å²) in [7, 11) is 0. The Morgan fingerprint density at radius 2 is 2.20 bits per heavy atom. The average Bonchev–Trinajstić information content (AvgIpc) is 2.99. The Morgan fingerprint density at radius 3 is 2.92 bits per heavy atom. The summed E-state index contributed by atoms with van der Waals surface area (Å²) >= 11 is 5.95. The van der Waals surface area contributed by atoms with Crippen LogP contribution in [0.5, 0.6) is 5.75 Å². The van der Waals surface area contributed by atoms with E-state index in [1.807, 2.05) is 13.0 Å². The number of aliphatic carboxylic acids is 1. The third-order valence-electron chi connectivity index (χ3n) is 3.30. The monoisotopic (exact) mass is 366 g/mol. The fourth-order valence-electron chi connectivity index (χ4n) is 2.04. The van der Waals surface area contributed by atoms with Gasteiger partial charge in [-0.15, -0.1) is 5.10 Å². The zero-order valence-electron chi connectivity index (χ0n) is 13.7. The van der Waals surface area contributed by atoms with E-state index in [9.17, 15) is 9.59 Å². The number of carbonyl (C=O) groups is 2. The number of hydrogen-bond acceptors (Lipinski definition) is 5. The molecule has 0 atom stereocenters. The molecule has 8 nitrogen and oxygen atoms in total. The largest absolute Gasteiger partial charge is 0.494 e. The van der Waals surface area contributed by atoms with Gasteiger partial charge < -0.3 is 15.2 Å². The van der Waals surface area contributed by atoms with Crippen LogP contribution in [0.4, 0.5) is 0 Å². The van der Waals surface area contributed by atoms with Crippen LogP contribution in [0, 0.1) is 6.92 Å². The van der Waals surface area contributed by atoms with Gasteiger partial charge in [0.2, 0.25) is 5.91 Å². The van der Waals surface area contributed by atoms with Gasteiger partial charge in [-0.2, -0.15) is 0 Å². The number of hydrogen-bond donors (Lipinski definition) is 2. The zero-order valence-corrected chi connectivity index (χ0v) is 14.5. The highest BCUT2D eigenvalue weighted by molar-refractivity contribution is 6.31. The lowest BCUT2D eigenvalue weighted by Crippen LogP contribution is -2.23. The molecule has 25 heavy (non-hydrogen) atoms. The lowest BCUT2D eigenvalue weighted by Gasteiger charge is -2.08. The maximum Gasteiger partial charge on any atom is 0.325 e. The van der Waals surface area contributed by atoms with E-state index in [2.05, 4.69) is 15.6 Å². The minimum Gasteiger partial charge on any atom is -0.494 e. The van der Waals surface area contributed by atoms with E-state index in [0.717, 1.165) is 11.3 Å². The summed E-state index contributed by atoms with van der Waals surface area (Å²) in [6.45, 7) is 2.26. The van der Waals surface area contributed by atoms with Crippen molar-refractivity contribution in [1.82, 2.24) is 20.3 Å². The molecular weight excluding hydrogens is 348 g/mol. The number of nitrogens with one attached hydrogen (secondary N) is 1. The van der Waals surface area contributed by atoms with Crippen molar-refractivity contribution in [2.45, 2.75) is 32.9 Å². The Labute approximate surface area is 149 Å². The molecule has 2 aromatic rings. The van der Waals surface area contributed by atoms with E-state index in [4.69, 9.17) is 21.4 Å². The van der Waals surface area contributed by atoms with Crippen LogP contribution in [0.15, 0.2) is 24.4 Å². The number of carboxylic acids is 1. The SMILES string of the molecule is Cc1cc(OCCCC(=O)NCc2cn(CC(=O)O)nn2)ccc1Cl. The molecule has 0 aliphatic carbocycles. The first kappa shape index (κ1) is 18.7. The second-order valence-corrected chi connectivity index (χ2v) is 5.85. The predicted octanol–water partition coefficient (Wildman–Crippen LogP) is 1.80. The number of benzene rings is 1. The number of carboxylic acid groups (broad SMARTS) is 1. The lowest BCUT2D eigenvalue weighted by atomic mass is 10.2. The topological polar surface area (TPSA) is 106 Å². The first-order valence-corrected chi connectivity index (χ1v) is 8.08. The van der Waals surface area contributed by atoms with Gasteiger partial charge in [0.25, 0.3) is 0 Å². The molecule has 134 valence electrons. The molecule has 0 spiro atoms. The third-order valence-corrected chi connectivity index (χ3v) is 3.72. The van der Waals surface area contributed by atoms with E-state index in [0.29, 0.717) is 30.2 Å². The van der Waals surface area contributed by atoms with Crippen molar-refractivity contribution in [3.05, 3.63) is 40.7 Å². The number of carbonyl (C=O) groups excluding carboxylic acids is 1. The van der Waals surface area contributed by atoms with E-state index in [1.54, 1.807) is 12.1 Å². The van der Waals surface area contributed by atoms with Crippen molar-refractivity contribution in [3.8, 4) is 5.75 Å². The summed E-state index contributed by atoms with van der Waals surface area (Å²) < 4.78 is 6.78. The molecule has 0 saturated heterocycles. The molecular formula is C16H19ClN4O4. The Hall–Kier alpha value is -2.61. The Balaban J connectivity index is 1.64. The Kier molecular flexibility index (Phi) is 6.76. The van der Waals surface area contributed by atoms with Gasteiger partial charge in [-0.05, 0) is 37.1 Å². The highest BCUT2D eigenvalue weighted by Crippen LogP contribution is 2.21. The summed E-state index contributed by atoms with van der Waals surface area (Å²) in [5.41, 5.74) is 1.44. The average molecular weight is 367 g/mol. The van der Waals surface area contributed by atoms with Gasteiger partial charge in [0.05, 0.1) is 19.3 Å². The van der Waals surface area contributed by atoms with Gasteiger partial charge in [-0.3, -0.25) is 9.59 Å². The second kappa shape index (κ2) is 9.03. The quantitative estimate of drug-likeness (QED) is 0.655. The van der Waals surface area contributed by atoms with Crippen molar-refractivity contribution in [1.29, 1.82) is 0 Å². The van der Waals surface area contributed by atoms with Crippen LogP contribution in [0.25, 0.3) is 0 Å². The molecule has 1 heterocycles. The van der Waals surface area contributed by atoms with Crippen LogP contribution in [0.1, 0.15) is 24.1 Å². The normalized spacial score (nSPS) is 10.5. The van der Waals surface area contributed by atoms with Gasteiger partial charge in [-0.25, -0.2) is 4.68 Å². The fourth-order valence-corrected chi connectivity index (χ4v) is 2.16. The molecule has 1 aromatic carbocycles. The van der Waals surface area contributed by atoms with Crippen molar-refractivity contribution in [2.75, 3.05) is 6.61 Å². The van der Waals surface area contributed by atoms with E-state index in [1.165, 1.54) is 10.9 Å². The molecule has 0 aliphatic rings. The molecule has 1 aromatic heterocycles. The minimum absolute atomic E-state index is 0.135. The van der Waals surface area contributed by atoms with Crippen LogP contribution < -0.4 is 10.1 Å². The van der Waals surface area contributed by atoms with Gasteiger partial charge in [0.15, 0.2) is 0 Å². The van der Waals surface area contributed by atoms with Crippen molar-refractivity contribution in [3.63, 3.8) is 0 Å². The highest BCUT2D eigenvalue weighted by Gasteiger charge is 2.07. The Bertz CT molecular complexity index is 747. The number of rotatable bonds is 9. The standard InChI is InChI=1S/C16H19ClN4O4/c1-11-7-13(4-5-14(11)17)25-6-2-3-15(22)18-8-12-9-21(20-19-12)10-16(23)24/h4-5,7,9H,2-3,6,8,10H2,1H3,(H,18,22)(H,23,24). The summed E-state index contributed by atoms with van der Waals surface area (Å²) in [5, 5.41) is 19.5. The summed E-state index contributed by atoms with van der Waals surface area (Å²) in [6, 6.07) is 5.41. The molecule has 0 fully saturated rings. The fraction of sp³-hybridized carbons (Fsp3) is 0.375. The maximum absolute atomic E-state index is 11.8. The summed E-state index contributed by atoms with van der Waals surface area (Å²) in [6.07, 6.45) is 2.37.